The molecule has 7 nitrogen and oxygen atoms in total. The van der Waals surface area contributed by atoms with Crippen molar-refractivity contribution >= 4 is 11.6 Å². The van der Waals surface area contributed by atoms with Crippen LogP contribution in [0.15, 0.2) is 42.5 Å². The zero-order chi connectivity index (χ0) is 18.8. The van der Waals surface area contributed by atoms with Crippen LogP contribution in [0.2, 0.25) is 0 Å². The number of carbonyl (C=O) groups excluding carboxylic acids is 1. The molecule has 136 valence electrons. The average Bonchev–Trinajstić information content (AvgIpc) is 3.32. The van der Waals surface area contributed by atoms with E-state index in [-0.39, 0.29) is 29.2 Å². The van der Waals surface area contributed by atoms with Gasteiger partial charge in [-0.2, -0.15) is 0 Å². The lowest BCUT2D eigenvalue weighted by Gasteiger charge is -2.11. The highest BCUT2D eigenvalue weighted by Gasteiger charge is 2.49. The molecule has 1 heterocycles. The molecule has 1 amide bonds. The summed E-state index contributed by atoms with van der Waals surface area (Å²) in [6.07, 6.45) is 0. The molecule has 0 aromatic heterocycles. The second-order valence-electron chi connectivity index (χ2n) is 6.05. The van der Waals surface area contributed by atoms with Crippen LogP contribution in [0.25, 0.3) is 0 Å². The fourth-order valence-electron chi connectivity index (χ4n) is 3.14. The van der Waals surface area contributed by atoms with Gasteiger partial charge < -0.3 is 14.4 Å². The van der Waals surface area contributed by atoms with E-state index in [0.29, 0.717) is 12.4 Å². The molecule has 1 fully saturated rings. The van der Waals surface area contributed by atoms with Gasteiger partial charge in [0.1, 0.15) is 11.5 Å². The van der Waals surface area contributed by atoms with Gasteiger partial charge in [-0.1, -0.05) is 12.1 Å². The molecule has 0 aliphatic carbocycles. The lowest BCUT2D eigenvalue weighted by molar-refractivity contribution is -0.384. The third-order valence-electron chi connectivity index (χ3n) is 4.48. The van der Waals surface area contributed by atoms with E-state index in [9.17, 15) is 14.9 Å². The number of hydrogen-bond acceptors (Lipinski definition) is 5. The van der Waals surface area contributed by atoms with Crippen molar-refractivity contribution in [2.75, 3.05) is 13.7 Å². The van der Waals surface area contributed by atoms with Gasteiger partial charge in [0.2, 0.25) is 0 Å². The maximum atomic E-state index is 13.0. The predicted molar refractivity (Wildman–Crippen MR) is 95.6 cm³/mol. The Morgan fingerprint density at radius 3 is 2.69 bits per heavy atom. The van der Waals surface area contributed by atoms with Crippen molar-refractivity contribution in [1.29, 1.82) is 0 Å². The van der Waals surface area contributed by atoms with Gasteiger partial charge in [0.25, 0.3) is 11.6 Å². The van der Waals surface area contributed by atoms with Crippen molar-refractivity contribution in [3.05, 3.63) is 63.7 Å². The third-order valence-corrected chi connectivity index (χ3v) is 4.48. The number of nitro groups is 1. The maximum absolute atomic E-state index is 13.0. The molecule has 0 saturated carbocycles. The number of hydrogen-bond donors (Lipinski definition) is 0. The first-order valence-electron chi connectivity index (χ1n) is 8.35. The van der Waals surface area contributed by atoms with Crippen LogP contribution in [-0.4, -0.2) is 35.5 Å². The highest BCUT2D eigenvalue weighted by molar-refractivity contribution is 5.99. The molecule has 7 heteroatoms. The second-order valence-corrected chi connectivity index (χ2v) is 6.05. The number of methoxy groups -OCH3 is 1. The Labute approximate surface area is 151 Å². The summed E-state index contributed by atoms with van der Waals surface area (Å²) in [5.74, 6) is 0.795. The number of amides is 1. The van der Waals surface area contributed by atoms with Crippen LogP contribution in [0.1, 0.15) is 35.8 Å². The minimum Gasteiger partial charge on any atom is -0.497 e. The first-order chi connectivity index (χ1) is 12.5. The largest absolute Gasteiger partial charge is 0.497 e. The van der Waals surface area contributed by atoms with Gasteiger partial charge in [0, 0.05) is 12.1 Å². The van der Waals surface area contributed by atoms with Gasteiger partial charge >= 0.3 is 0 Å². The second kappa shape index (κ2) is 7.03. The minimum atomic E-state index is -0.516. The lowest BCUT2D eigenvalue weighted by Crippen LogP contribution is -2.15. The Bertz CT molecular complexity index is 852. The Morgan fingerprint density at radius 1 is 1.27 bits per heavy atom. The van der Waals surface area contributed by atoms with Crippen molar-refractivity contribution in [2.45, 2.75) is 25.9 Å². The minimum absolute atomic E-state index is 0.0108. The molecule has 0 spiro atoms. The predicted octanol–water partition coefficient (Wildman–Crippen LogP) is 3.59. The Kier molecular flexibility index (Phi) is 4.79. The SMILES string of the molecule is CCOc1ccc([N+](=O)[O-])cc1C(=O)N1C(C)C1c1cccc(OC)c1. The summed E-state index contributed by atoms with van der Waals surface area (Å²) in [6.45, 7) is 4.11. The van der Waals surface area contributed by atoms with Crippen molar-refractivity contribution in [3.8, 4) is 11.5 Å². The number of nitrogens with zero attached hydrogens (tertiary/aromatic N) is 2. The number of carbonyl (C=O) groups is 1. The van der Waals surface area contributed by atoms with Gasteiger partial charge in [-0.25, -0.2) is 0 Å². The van der Waals surface area contributed by atoms with Gasteiger partial charge in [-0.3, -0.25) is 14.9 Å². The molecule has 1 aliphatic rings. The lowest BCUT2D eigenvalue weighted by atomic mass is 10.1. The van der Waals surface area contributed by atoms with E-state index in [2.05, 4.69) is 0 Å². The molecule has 0 bridgehead atoms. The van der Waals surface area contributed by atoms with E-state index in [4.69, 9.17) is 9.47 Å². The molecule has 2 aromatic carbocycles. The molecular formula is C19H20N2O5. The van der Waals surface area contributed by atoms with E-state index in [1.165, 1.54) is 18.2 Å². The van der Waals surface area contributed by atoms with Crippen LogP contribution >= 0.6 is 0 Å². The van der Waals surface area contributed by atoms with E-state index >= 15 is 0 Å². The van der Waals surface area contributed by atoms with Crippen molar-refractivity contribution in [3.63, 3.8) is 0 Å². The van der Waals surface area contributed by atoms with Gasteiger partial charge in [0.15, 0.2) is 0 Å². The van der Waals surface area contributed by atoms with Crippen molar-refractivity contribution < 1.29 is 19.2 Å². The summed E-state index contributed by atoms with van der Waals surface area (Å²) in [5.41, 5.74) is 1.04. The normalized spacial score (nSPS) is 18.3. The van der Waals surface area contributed by atoms with E-state index in [1.54, 1.807) is 18.9 Å². The molecule has 2 unspecified atom stereocenters. The fraction of sp³-hybridized carbons (Fsp3) is 0.316. The monoisotopic (exact) mass is 356 g/mol. The van der Waals surface area contributed by atoms with Crippen LogP contribution in [-0.2, 0) is 0 Å². The Morgan fingerprint density at radius 2 is 2.04 bits per heavy atom. The highest BCUT2D eigenvalue weighted by atomic mass is 16.6. The zero-order valence-electron chi connectivity index (χ0n) is 14.8. The van der Waals surface area contributed by atoms with E-state index in [0.717, 1.165) is 11.3 Å². The molecular weight excluding hydrogens is 336 g/mol. The summed E-state index contributed by atoms with van der Waals surface area (Å²) in [6, 6.07) is 11.5. The smallest absolute Gasteiger partial charge is 0.270 e. The average molecular weight is 356 g/mol. The summed E-state index contributed by atoms with van der Waals surface area (Å²) >= 11 is 0. The van der Waals surface area contributed by atoms with E-state index < -0.39 is 4.92 Å². The number of benzene rings is 2. The molecule has 0 radical (unpaired) electrons. The summed E-state index contributed by atoms with van der Waals surface area (Å²) in [7, 11) is 1.59. The van der Waals surface area contributed by atoms with Crippen LogP contribution in [0, 0.1) is 10.1 Å². The number of nitro benzene ring substituents is 1. The first-order valence-corrected chi connectivity index (χ1v) is 8.35. The zero-order valence-corrected chi connectivity index (χ0v) is 14.8. The summed E-state index contributed by atoms with van der Waals surface area (Å²) < 4.78 is 10.7. The van der Waals surface area contributed by atoms with Crippen LogP contribution in [0.4, 0.5) is 5.69 Å². The first kappa shape index (κ1) is 17.7. The van der Waals surface area contributed by atoms with E-state index in [1.807, 2.05) is 31.2 Å². The van der Waals surface area contributed by atoms with Crippen molar-refractivity contribution in [1.82, 2.24) is 4.90 Å². The van der Waals surface area contributed by atoms with Gasteiger partial charge in [-0.15, -0.1) is 0 Å². The van der Waals surface area contributed by atoms with Crippen molar-refractivity contribution in [2.24, 2.45) is 0 Å². The fourth-order valence-corrected chi connectivity index (χ4v) is 3.14. The van der Waals surface area contributed by atoms with Crippen LogP contribution in [0.3, 0.4) is 0 Å². The highest BCUT2D eigenvalue weighted by Crippen LogP contribution is 2.45. The Hall–Kier alpha value is -3.09. The Balaban J connectivity index is 1.91. The molecule has 0 N–H and O–H groups in total. The number of non-ortho nitro benzene ring substituents is 1. The molecule has 2 atom stereocenters. The summed E-state index contributed by atoms with van der Waals surface area (Å²) in [5, 5.41) is 11.1. The topological polar surface area (TPSA) is 81.7 Å². The maximum Gasteiger partial charge on any atom is 0.270 e. The number of rotatable bonds is 6. The standard InChI is InChI=1S/C19H20N2O5/c1-4-26-17-9-8-14(21(23)24)11-16(17)19(22)20-12(2)18(20)13-6-5-7-15(10-13)25-3/h5-12,18H,4H2,1-3H3. The molecule has 1 aliphatic heterocycles. The third kappa shape index (κ3) is 3.20. The van der Waals surface area contributed by atoms with Crippen LogP contribution in [0.5, 0.6) is 11.5 Å². The molecule has 26 heavy (non-hydrogen) atoms. The quantitative estimate of drug-likeness (QED) is 0.449. The number of ether oxygens (including phenoxy) is 2. The van der Waals surface area contributed by atoms with Gasteiger partial charge in [0.05, 0.1) is 36.3 Å². The molecule has 3 rings (SSSR count). The van der Waals surface area contributed by atoms with Gasteiger partial charge in [-0.05, 0) is 37.6 Å². The molecule has 1 saturated heterocycles. The summed E-state index contributed by atoms with van der Waals surface area (Å²) in [4.78, 5) is 25.3. The van der Waals surface area contributed by atoms with Crippen LogP contribution < -0.4 is 9.47 Å². The molecule has 2 aromatic rings.